The summed E-state index contributed by atoms with van der Waals surface area (Å²) in [6.07, 6.45) is 8.87. The van der Waals surface area contributed by atoms with Crippen LogP contribution in [0, 0.1) is 0 Å². The van der Waals surface area contributed by atoms with Gasteiger partial charge in [0, 0.05) is 16.7 Å². The van der Waals surface area contributed by atoms with Gasteiger partial charge in [0.2, 0.25) is 0 Å². The molecular formula is C35H25N4O2-. The fraction of sp³-hybridized carbons (Fsp3) is 0. The van der Waals surface area contributed by atoms with Crippen LogP contribution in [0.25, 0.3) is 23.0 Å². The molecule has 6 rings (SSSR count). The molecule has 1 aliphatic rings. The smallest absolute Gasteiger partial charge is 0.281 e. The molecule has 1 aromatic heterocycles. The van der Waals surface area contributed by atoms with E-state index >= 15 is 0 Å². The second-order valence-electron chi connectivity index (χ2n) is 9.27. The van der Waals surface area contributed by atoms with E-state index in [0.717, 1.165) is 11.1 Å². The van der Waals surface area contributed by atoms with E-state index in [2.05, 4.69) is 10.2 Å². The summed E-state index contributed by atoms with van der Waals surface area (Å²) in [6.45, 7) is 0. The zero-order chi connectivity index (χ0) is 28.0. The van der Waals surface area contributed by atoms with Crippen LogP contribution in [0.4, 0.5) is 5.69 Å². The van der Waals surface area contributed by atoms with Crippen molar-refractivity contribution in [3.63, 3.8) is 0 Å². The lowest BCUT2D eigenvalue weighted by atomic mass is 10.0. The van der Waals surface area contributed by atoms with Crippen LogP contribution in [0.5, 0.6) is 5.88 Å². The maximum atomic E-state index is 13.4. The number of carbonyl (C=O) groups excluding carboxylic acids is 1. The number of hydrogen-bond donors (Lipinski definition) is 0. The van der Waals surface area contributed by atoms with Crippen LogP contribution in [0.15, 0.2) is 156 Å². The lowest BCUT2D eigenvalue weighted by molar-refractivity contribution is -0.278. The Kier molecular flexibility index (Phi) is 7.19. The van der Waals surface area contributed by atoms with Gasteiger partial charge in [-0.15, -0.1) is 0 Å². The molecule has 0 bridgehead atoms. The Hall–Kier alpha value is -5.75. The lowest BCUT2D eigenvalue weighted by Crippen LogP contribution is -2.21. The van der Waals surface area contributed by atoms with Crippen molar-refractivity contribution in [2.45, 2.75) is 0 Å². The molecule has 0 saturated carbocycles. The molecule has 6 nitrogen and oxygen atoms in total. The molecule has 0 aliphatic carbocycles. The SMILES string of the molecule is O=C1/C(=C\C=CC=Cc2c(-c3ccccc3)nn(-c3ccccc3)c2[O-])C(c2ccccc2)=NN1c1ccccc1. The Bertz CT molecular complexity index is 1790. The van der Waals surface area contributed by atoms with Gasteiger partial charge in [0.1, 0.15) is 5.71 Å². The average Bonchev–Trinajstić information content (AvgIpc) is 3.55. The molecule has 0 unspecified atom stereocenters. The molecule has 6 heteroatoms. The summed E-state index contributed by atoms with van der Waals surface area (Å²) in [5, 5.41) is 24.1. The third-order valence-electron chi connectivity index (χ3n) is 6.60. The minimum Gasteiger partial charge on any atom is -0.858 e. The number of benzene rings is 4. The molecule has 0 saturated heterocycles. The summed E-state index contributed by atoms with van der Waals surface area (Å²) in [6, 6.07) is 38.0. The predicted octanol–water partition coefficient (Wildman–Crippen LogP) is 6.56. The van der Waals surface area contributed by atoms with Gasteiger partial charge >= 0.3 is 0 Å². The molecular weight excluding hydrogens is 508 g/mol. The van der Waals surface area contributed by atoms with Gasteiger partial charge in [0.05, 0.1) is 22.6 Å². The van der Waals surface area contributed by atoms with Crippen LogP contribution in [0.2, 0.25) is 0 Å². The third-order valence-corrected chi connectivity index (χ3v) is 6.60. The molecule has 2 heterocycles. The number of hydrazone groups is 1. The average molecular weight is 534 g/mol. The molecule has 0 fully saturated rings. The number of para-hydroxylation sites is 2. The van der Waals surface area contributed by atoms with Gasteiger partial charge in [-0.1, -0.05) is 121 Å². The number of carbonyl (C=O) groups is 1. The molecule has 0 spiro atoms. The first-order valence-electron chi connectivity index (χ1n) is 13.2. The maximum Gasteiger partial charge on any atom is 0.281 e. The van der Waals surface area contributed by atoms with Crippen molar-refractivity contribution in [1.29, 1.82) is 0 Å². The first kappa shape index (κ1) is 25.5. The summed E-state index contributed by atoms with van der Waals surface area (Å²) in [5.41, 5.74) is 5.27. The Morgan fingerprint density at radius 2 is 1.20 bits per heavy atom. The number of nitrogens with zero attached hydrogens (tertiary/aromatic N) is 4. The minimum absolute atomic E-state index is 0.207. The van der Waals surface area contributed by atoms with E-state index in [9.17, 15) is 9.90 Å². The summed E-state index contributed by atoms with van der Waals surface area (Å²) in [7, 11) is 0. The fourth-order valence-corrected chi connectivity index (χ4v) is 4.60. The summed E-state index contributed by atoms with van der Waals surface area (Å²) < 4.78 is 1.42. The van der Waals surface area contributed by atoms with Crippen LogP contribution < -0.4 is 10.1 Å². The van der Waals surface area contributed by atoms with Crippen molar-refractivity contribution in [3.8, 4) is 22.8 Å². The van der Waals surface area contributed by atoms with Gasteiger partial charge in [-0.2, -0.15) is 15.2 Å². The van der Waals surface area contributed by atoms with Gasteiger partial charge in [0.15, 0.2) is 0 Å². The van der Waals surface area contributed by atoms with Crippen molar-refractivity contribution in [2.75, 3.05) is 5.01 Å². The quantitative estimate of drug-likeness (QED) is 0.176. The largest absolute Gasteiger partial charge is 0.858 e. The topological polar surface area (TPSA) is 73.5 Å². The third kappa shape index (κ3) is 5.27. The number of aromatic nitrogens is 2. The zero-order valence-electron chi connectivity index (χ0n) is 22.0. The highest BCUT2D eigenvalue weighted by molar-refractivity contribution is 6.35. The van der Waals surface area contributed by atoms with Crippen LogP contribution in [0.1, 0.15) is 11.1 Å². The maximum absolute atomic E-state index is 13.4. The Balaban J connectivity index is 1.32. The molecule has 5 aromatic rings. The first-order chi connectivity index (χ1) is 20.2. The van der Waals surface area contributed by atoms with Crippen molar-refractivity contribution in [1.82, 2.24) is 9.78 Å². The second kappa shape index (κ2) is 11.6. The zero-order valence-corrected chi connectivity index (χ0v) is 22.0. The van der Waals surface area contributed by atoms with E-state index in [-0.39, 0.29) is 11.8 Å². The normalized spacial score (nSPS) is 14.4. The standard InChI is InChI=1S/C35H26N4O2/c40-34-30(32(26-16-6-1-7-17-26)36-38(34)28-20-10-3-11-21-28)24-14-5-15-25-31-33(27-18-8-2-9-19-27)37-39(35(31)41)29-22-12-4-13-23-29/h1-25,40H/p-1/b15-5?,24-14?,31-25-. The molecule has 1 amide bonds. The van der Waals surface area contributed by atoms with Crippen LogP contribution >= 0.6 is 0 Å². The summed E-state index contributed by atoms with van der Waals surface area (Å²) in [4.78, 5) is 13.4. The van der Waals surface area contributed by atoms with Gasteiger partial charge in [-0.25, -0.2) is 4.68 Å². The van der Waals surface area contributed by atoms with E-state index in [1.807, 2.05) is 121 Å². The molecule has 0 radical (unpaired) electrons. The molecule has 0 N–H and O–H groups in total. The van der Waals surface area contributed by atoms with E-state index in [0.29, 0.717) is 33.9 Å². The Labute approximate surface area is 238 Å². The number of rotatable bonds is 7. The minimum atomic E-state index is -0.207. The highest BCUT2D eigenvalue weighted by Gasteiger charge is 2.31. The summed E-state index contributed by atoms with van der Waals surface area (Å²) >= 11 is 0. The van der Waals surface area contributed by atoms with E-state index in [1.165, 1.54) is 9.69 Å². The fourth-order valence-electron chi connectivity index (χ4n) is 4.60. The van der Waals surface area contributed by atoms with Crippen molar-refractivity contribution in [2.24, 2.45) is 5.10 Å². The van der Waals surface area contributed by atoms with Crippen LogP contribution in [0.3, 0.4) is 0 Å². The summed E-state index contributed by atoms with van der Waals surface area (Å²) in [5.74, 6) is -0.415. The molecule has 0 atom stereocenters. The van der Waals surface area contributed by atoms with Crippen molar-refractivity contribution < 1.29 is 9.90 Å². The van der Waals surface area contributed by atoms with Gasteiger partial charge < -0.3 is 5.11 Å². The van der Waals surface area contributed by atoms with Crippen molar-refractivity contribution in [3.05, 3.63) is 162 Å². The molecule has 1 aliphatic heterocycles. The van der Waals surface area contributed by atoms with E-state index in [1.54, 1.807) is 30.4 Å². The predicted molar refractivity (Wildman–Crippen MR) is 162 cm³/mol. The monoisotopic (exact) mass is 533 g/mol. The number of hydrogen-bond acceptors (Lipinski definition) is 4. The highest BCUT2D eigenvalue weighted by atomic mass is 16.3. The van der Waals surface area contributed by atoms with Crippen LogP contribution in [-0.4, -0.2) is 21.4 Å². The van der Waals surface area contributed by atoms with Gasteiger partial charge in [-0.05, 0) is 36.2 Å². The van der Waals surface area contributed by atoms with Crippen LogP contribution in [-0.2, 0) is 4.79 Å². The molecule has 4 aromatic carbocycles. The van der Waals surface area contributed by atoms with Gasteiger partial charge in [-0.3, -0.25) is 4.79 Å². The van der Waals surface area contributed by atoms with E-state index < -0.39 is 0 Å². The second-order valence-corrected chi connectivity index (χ2v) is 9.27. The van der Waals surface area contributed by atoms with Gasteiger partial charge in [0.25, 0.3) is 5.91 Å². The molecule has 41 heavy (non-hydrogen) atoms. The Morgan fingerprint density at radius 1 is 0.634 bits per heavy atom. The first-order valence-corrected chi connectivity index (χ1v) is 13.2. The number of allylic oxidation sites excluding steroid dienone is 4. The lowest BCUT2D eigenvalue weighted by Gasteiger charge is -2.11. The number of anilines is 1. The van der Waals surface area contributed by atoms with Crippen molar-refractivity contribution >= 4 is 23.4 Å². The highest BCUT2D eigenvalue weighted by Crippen LogP contribution is 2.31. The molecule has 198 valence electrons. The van der Waals surface area contributed by atoms with E-state index in [4.69, 9.17) is 0 Å². The number of amides is 1. The Morgan fingerprint density at radius 3 is 1.83 bits per heavy atom.